The number of carbonyl (C=O) groups excluding carboxylic acids is 1. The second-order valence-electron chi connectivity index (χ2n) is 4.10. The summed E-state index contributed by atoms with van der Waals surface area (Å²) in [5, 5.41) is 1.80. The van der Waals surface area contributed by atoms with Gasteiger partial charge in [-0.05, 0) is 23.6 Å². The number of ketones is 1. The van der Waals surface area contributed by atoms with Crippen LogP contribution in [0.1, 0.15) is 10.4 Å². The van der Waals surface area contributed by atoms with Gasteiger partial charge in [0, 0.05) is 5.56 Å². The molecule has 0 aliphatic carbocycles. The van der Waals surface area contributed by atoms with Crippen LogP contribution in [-0.4, -0.2) is 10.8 Å². The molecule has 2 aromatic carbocycles. The fourth-order valence-electron chi connectivity index (χ4n) is 1.75. The summed E-state index contributed by atoms with van der Waals surface area (Å²) in [5.41, 5.74) is 1.71. The van der Waals surface area contributed by atoms with Gasteiger partial charge in [-0.25, -0.2) is 4.98 Å². The summed E-state index contributed by atoms with van der Waals surface area (Å²) < 4.78 is 2.11. The molecule has 0 unspecified atom stereocenters. The molecule has 3 rings (SSSR count). The van der Waals surface area contributed by atoms with E-state index in [1.54, 1.807) is 22.8 Å². The molecule has 0 saturated carbocycles. The fraction of sp³-hybridized carbons (Fsp3) is 0. The van der Waals surface area contributed by atoms with Gasteiger partial charge in [-0.1, -0.05) is 54.2 Å². The molecule has 0 bridgehead atoms. The summed E-state index contributed by atoms with van der Waals surface area (Å²) in [4.78, 5) is 16.4. The van der Waals surface area contributed by atoms with E-state index < -0.39 is 0 Å². The Labute approximate surface area is 125 Å². The van der Waals surface area contributed by atoms with Crippen molar-refractivity contribution >= 4 is 39.1 Å². The van der Waals surface area contributed by atoms with E-state index in [9.17, 15) is 4.79 Å². The van der Waals surface area contributed by atoms with Crippen molar-refractivity contribution in [2.75, 3.05) is 0 Å². The molecule has 0 N–H and O–H groups in total. The number of rotatable bonds is 4. The van der Waals surface area contributed by atoms with Crippen LogP contribution in [0.15, 0.2) is 70.4 Å². The molecular weight excluding hydrogens is 286 g/mol. The quantitative estimate of drug-likeness (QED) is 0.394. The lowest BCUT2D eigenvalue weighted by Crippen LogP contribution is -1.92. The van der Waals surface area contributed by atoms with E-state index in [0.29, 0.717) is 5.56 Å². The monoisotopic (exact) mass is 297 g/mol. The first-order valence-corrected chi connectivity index (χ1v) is 7.81. The normalized spacial score (nSPS) is 11.2. The van der Waals surface area contributed by atoms with Crippen molar-refractivity contribution in [2.24, 2.45) is 0 Å². The van der Waals surface area contributed by atoms with E-state index in [2.05, 4.69) is 11.1 Å². The molecule has 0 atom stereocenters. The number of aromatic nitrogens is 1. The Morgan fingerprint density at radius 3 is 2.60 bits per heavy atom. The highest BCUT2D eigenvalue weighted by Crippen LogP contribution is 2.29. The Morgan fingerprint density at radius 1 is 1.05 bits per heavy atom. The highest BCUT2D eigenvalue weighted by molar-refractivity contribution is 8.03. The van der Waals surface area contributed by atoms with Gasteiger partial charge in [0.25, 0.3) is 0 Å². The predicted octanol–water partition coefficient (Wildman–Crippen LogP) is 4.79. The molecule has 2 nitrogen and oxygen atoms in total. The standard InChI is InChI=1S/C16H11NOS2/c18-14(12-6-2-1-3-7-12)10-11-19-16-17-13-8-4-5-9-15(13)20-16/h1-11H. The third kappa shape index (κ3) is 2.98. The summed E-state index contributed by atoms with van der Waals surface area (Å²) in [6.45, 7) is 0. The zero-order valence-electron chi connectivity index (χ0n) is 10.5. The molecule has 0 aliphatic heterocycles. The number of allylic oxidation sites excluding steroid dienone is 1. The number of hydrogen-bond donors (Lipinski definition) is 0. The number of thiazole rings is 1. The minimum Gasteiger partial charge on any atom is -0.289 e. The zero-order chi connectivity index (χ0) is 13.8. The van der Waals surface area contributed by atoms with Crippen LogP contribution in [0.2, 0.25) is 0 Å². The summed E-state index contributed by atoms with van der Waals surface area (Å²) in [6, 6.07) is 17.3. The summed E-state index contributed by atoms with van der Waals surface area (Å²) in [7, 11) is 0. The lowest BCUT2D eigenvalue weighted by Gasteiger charge is -1.93. The van der Waals surface area contributed by atoms with E-state index in [-0.39, 0.29) is 5.78 Å². The SMILES string of the molecule is O=C(C=CSc1nc2ccccc2s1)c1ccccc1. The third-order valence-corrected chi connectivity index (χ3v) is 4.66. The van der Waals surface area contributed by atoms with Crippen molar-refractivity contribution in [3.63, 3.8) is 0 Å². The Morgan fingerprint density at radius 2 is 1.80 bits per heavy atom. The van der Waals surface area contributed by atoms with Gasteiger partial charge >= 0.3 is 0 Å². The summed E-state index contributed by atoms with van der Waals surface area (Å²) in [6.07, 6.45) is 1.59. The van der Waals surface area contributed by atoms with Crippen molar-refractivity contribution in [2.45, 2.75) is 4.34 Å². The second-order valence-corrected chi connectivity index (χ2v) is 6.28. The van der Waals surface area contributed by atoms with Crippen LogP contribution >= 0.6 is 23.1 Å². The number of benzene rings is 2. The molecule has 0 aliphatic rings. The van der Waals surface area contributed by atoms with E-state index in [1.807, 2.05) is 48.5 Å². The highest BCUT2D eigenvalue weighted by Gasteiger charge is 2.03. The molecule has 4 heteroatoms. The van der Waals surface area contributed by atoms with Crippen LogP contribution in [-0.2, 0) is 0 Å². The molecule has 1 heterocycles. The van der Waals surface area contributed by atoms with Gasteiger partial charge < -0.3 is 0 Å². The van der Waals surface area contributed by atoms with Gasteiger partial charge in [0.15, 0.2) is 10.1 Å². The molecule has 1 aromatic heterocycles. The van der Waals surface area contributed by atoms with Crippen LogP contribution in [0.3, 0.4) is 0 Å². The fourth-order valence-corrected chi connectivity index (χ4v) is 3.54. The van der Waals surface area contributed by atoms with Gasteiger partial charge in [-0.15, -0.1) is 11.3 Å². The van der Waals surface area contributed by atoms with E-state index in [4.69, 9.17) is 0 Å². The Kier molecular flexibility index (Phi) is 3.95. The minimum absolute atomic E-state index is 0.0132. The summed E-state index contributed by atoms with van der Waals surface area (Å²) in [5.74, 6) is 0.0132. The lowest BCUT2D eigenvalue weighted by molar-refractivity contribution is 0.104. The first-order valence-electron chi connectivity index (χ1n) is 6.11. The van der Waals surface area contributed by atoms with Crippen molar-refractivity contribution in [3.05, 3.63) is 71.6 Å². The van der Waals surface area contributed by atoms with Gasteiger partial charge in [-0.2, -0.15) is 0 Å². The topological polar surface area (TPSA) is 30.0 Å². The first-order chi connectivity index (χ1) is 9.83. The van der Waals surface area contributed by atoms with E-state index in [0.717, 1.165) is 14.6 Å². The number of thioether (sulfide) groups is 1. The van der Waals surface area contributed by atoms with Crippen molar-refractivity contribution in [3.8, 4) is 0 Å². The Hall–Kier alpha value is -1.91. The summed E-state index contributed by atoms with van der Waals surface area (Å²) >= 11 is 3.11. The molecule has 0 spiro atoms. The average molecular weight is 297 g/mol. The number of fused-ring (bicyclic) bond motifs is 1. The largest absolute Gasteiger partial charge is 0.289 e. The minimum atomic E-state index is 0.0132. The highest BCUT2D eigenvalue weighted by atomic mass is 32.2. The number of carbonyl (C=O) groups is 1. The number of hydrogen-bond acceptors (Lipinski definition) is 4. The molecule has 0 radical (unpaired) electrons. The third-order valence-electron chi connectivity index (χ3n) is 2.72. The maximum absolute atomic E-state index is 11.9. The van der Waals surface area contributed by atoms with Gasteiger partial charge in [0.1, 0.15) is 0 Å². The van der Waals surface area contributed by atoms with Gasteiger partial charge in [0.2, 0.25) is 0 Å². The van der Waals surface area contributed by atoms with Gasteiger partial charge in [-0.3, -0.25) is 4.79 Å². The van der Waals surface area contributed by atoms with Crippen LogP contribution in [0.5, 0.6) is 0 Å². The average Bonchev–Trinajstić information content (AvgIpc) is 2.90. The zero-order valence-corrected chi connectivity index (χ0v) is 12.2. The molecule has 98 valence electrons. The molecular formula is C16H11NOS2. The smallest absolute Gasteiger partial charge is 0.186 e. The Balaban J connectivity index is 1.70. The first kappa shape index (κ1) is 13.1. The van der Waals surface area contributed by atoms with Crippen LogP contribution in [0.25, 0.3) is 10.2 Å². The molecule has 3 aromatic rings. The van der Waals surface area contributed by atoms with E-state index in [1.165, 1.54) is 11.8 Å². The molecule has 0 fully saturated rings. The maximum atomic E-state index is 11.9. The lowest BCUT2D eigenvalue weighted by atomic mass is 10.1. The van der Waals surface area contributed by atoms with E-state index >= 15 is 0 Å². The van der Waals surface area contributed by atoms with Crippen molar-refractivity contribution < 1.29 is 4.79 Å². The molecule has 20 heavy (non-hydrogen) atoms. The Bertz CT molecular complexity index is 729. The number of para-hydroxylation sites is 1. The van der Waals surface area contributed by atoms with Crippen molar-refractivity contribution in [1.82, 2.24) is 4.98 Å². The van der Waals surface area contributed by atoms with Crippen LogP contribution in [0, 0.1) is 0 Å². The van der Waals surface area contributed by atoms with Crippen LogP contribution in [0.4, 0.5) is 0 Å². The van der Waals surface area contributed by atoms with Gasteiger partial charge in [0.05, 0.1) is 10.2 Å². The predicted molar refractivity (Wildman–Crippen MR) is 85.4 cm³/mol. The number of nitrogens with zero attached hydrogens (tertiary/aromatic N) is 1. The second kappa shape index (κ2) is 6.03. The van der Waals surface area contributed by atoms with Crippen LogP contribution < -0.4 is 0 Å². The molecule has 0 saturated heterocycles. The maximum Gasteiger partial charge on any atom is 0.186 e. The molecule has 0 amide bonds. The van der Waals surface area contributed by atoms with Crippen molar-refractivity contribution in [1.29, 1.82) is 0 Å².